The standard InChI is InChI=1S/C20H24BrN3O3S/c1-16-5-7-19(8-6-16)28(26,27)24-13-11-23(12-14-24)10-9-22-20(25)17-3-2-4-18(21)15-17/h2-8,15H,9-14H2,1H3,(H,22,25). The highest BCUT2D eigenvalue weighted by atomic mass is 79.9. The molecule has 0 radical (unpaired) electrons. The summed E-state index contributed by atoms with van der Waals surface area (Å²) >= 11 is 3.36. The summed E-state index contributed by atoms with van der Waals surface area (Å²) in [4.78, 5) is 14.7. The molecule has 1 aliphatic rings. The number of amides is 1. The zero-order chi connectivity index (χ0) is 20.1. The lowest BCUT2D eigenvalue weighted by atomic mass is 10.2. The number of rotatable bonds is 6. The molecule has 6 nitrogen and oxygen atoms in total. The summed E-state index contributed by atoms with van der Waals surface area (Å²) in [5.74, 6) is -0.109. The van der Waals surface area contributed by atoms with E-state index in [1.807, 2.05) is 31.2 Å². The Kier molecular flexibility index (Phi) is 6.87. The SMILES string of the molecule is Cc1ccc(S(=O)(=O)N2CCN(CCNC(=O)c3cccc(Br)c3)CC2)cc1. The summed E-state index contributed by atoms with van der Waals surface area (Å²) in [5.41, 5.74) is 1.65. The van der Waals surface area contributed by atoms with Crippen LogP contribution in [-0.2, 0) is 10.0 Å². The maximum absolute atomic E-state index is 12.7. The minimum atomic E-state index is -3.44. The van der Waals surface area contributed by atoms with E-state index in [0.717, 1.165) is 10.0 Å². The molecule has 0 bridgehead atoms. The Hall–Kier alpha value is -1.74. The molecule has 1 aliphatic heterocycles. The average Bonchev–Trinajstić information content (AvgIpc) is 2.68. The van der Waals surface area contributed by atoms with Crippen LogP contribution in [0.5, 0.6) is 0 Å². The molecule has 3 rings (SSSR count). The second-order valence-electron chi connectivity index (χ2n) is 6.83. The number of sulfonamides is 1. The lowest BCUT2D eigenvalue weighted by Gasteiger charge is -2.34. The minimum absolute atomic E-state index is 0.109. The first-order valence-corrected chi connectivity index (χ1v) is 11.4. The number of halogens is 1. The number of hydrogen-bond donors (Lipinski definition) is 1. The van der Waals surface area contributed by atoms with Gasteiger partial charge in [0.2, 0.25) is 10.0 Å². The largest absolute Gasteiger partial charge is 0.351 e. The van der Waals surface area contributed by atoms with E-state index in [1.54, 1.807) is 24.3 Å². The number of benzene rings is 2. The molecular weight excluding hydrogens is 442 g/mol. The Morgan fingerprint density at radius 1 is 1.07 bits per heavy atom. The third-order valence-electron chi connectivity index (χ3n) is 4.79. The van der Waals surface area contributed by atoms with Gasteiger partial charge >= 0.3 is 0 Å². The molecule has 0 spiro atoms. The van der Waals surface area contributed by atoms with E-state index < -0.39 is 10.0 Å². The highest BCUT2D eigenvalue weighted by Crippen LogP contribution is 2.18. The zero-order valence-corrected chi connectivity index (χ0v) is 18.2. The van der Waals surface area contributed by atoms with Crippen molar-refractivity contribution in [1.29, 1.82) is 0 Å². The third kappa shape index (κ3) is 5.20. The summed E-state index contributed by atoms with van der Waals surface area (Å²) in [6.45, 7) is 5.36. The maximum atomic E-state index is 12.7. The number of nitrogens with zero attached hydrogens (tertiary/aromatic N) is 2. The van der Waals surface area contributed by atoms with Crippen LogP contribution in [0.1, 0.15) is 15.9 Å². The normalized spacial score (nSPS) is 16.1. The van der Waals surface area contributed by atoms with E-state index in [4.69, 9.17) is 0 Å². The lowest BCUT2D eigenvalue weighted by Crippen LogP contribution is -2.50. The summed E-state index contributed by atoms with van der Waals surface area (Å²) < 4.78 is 27.9. The second-order valence-corrected chi connectivity index (χ2v) is 9.68. The van der Waals surface area contributed by atoms with Gasteiger partial charge in [0.1, 0.15) is 0 Å². The molecule has 8 heteroatoms. The molecule has 28 heavy (non-hydrogen) atoms. The molecule has 2 aromatic carbocycles. The van der Waals surface area contributed by atoms with Gasteiger partial charge in [0.25, 0.3) is 5.91 Å². The molecule has 1 amide bonds. The van der Waals surface area contributed by atoms with Crippen molar-refractivity contribution in [2.75, 3.05) is 39.3 Å². The fourth-order valence-electron chi connectivity index (χ4n) is 3.11. The topological polar surface area (TPSA) is 69.7 Å². The van der Waals surface area contributed by atoms with Crippen molar-refractivity contribution in [2.24, 2.45) is 0 Å². The quantitative estimate of drug-likeness (QED) is 0.711. The Morgan fingerprint density at radius 2 is 1.75 bits per heavy atom. The van der Waals surface area contributed by atoms with Crippen LogP contribution in [0.15, 0.2) is 57.9 Å². The first-order valence-electron chi connectivity index (χ1n) is 9.19. The van der Waals surface area contributed by atoms with Crippen molar-refractivity contribution in [3.05, 3.63) is 64.1 Å². The van der Waals surface area contributed by atoms with E-state index in [2.05, 4.69) is 26.1 Å². The highest BCUT2D eigenvalue weighted by Gasteiger charge is 2.28. The van der Waals surface area contributed by atoms with Gasteiger partial charge in [-0.1, -0.05) is 39.7 Å². The van der Waals surface area contributed by atoms with Crippen LogP contribution in [0.2, 0.25) is 0 Å². The summed E-state index contributed by atoms with van der Waals surface area (Å²) in [7, 11) is -3.44. The average molecular weight is 466 g/mol. The monoisotopic (exact) mass is 465 g/mol. The van der Waals surface area contributed by atoms with E-state index >= 15 is 0 Å². The molecule has 1 N–H and O–H groups in total. The van der Waals surface area contributed by atoms with Crippen molar-refractivity contribution in [1.82, 2.24) is 14.5 Å². The molecule has 0 aliphatic carbocycles. The Labute approximate surface area is 174 Å². The molecule has 2 aromatic rings. The Bertz CT molecular complexity index is 924. The third-order valence-corrected chi connectivity index (χ3v) is 7.20. The molecule has 1 fully saturated rings. The van der Waals surface area contributed by atoms with Crippen molar-refractivity contribution < 1.29 is 13.2 Å². The fraction of sp³-hybridized carbons (Fsp3) is 0.350. The molecule has 0 atom stereocenters. The van der Waals surface area contributed by atoms with E-state index in [9.17, 15) is 13.2 Å². The Balaban J connectivity index is 1.46. The zero-order valence-electron chi connectivity index (χ0n) is 15.8. The van der Waals surface area contributed by atoms with Gasteiger partial charge in [-0.2, -0.15) is 4.31 Å². The van der Waals surface area contributed by atoms with E-state index in [1.165, 1.54) is 4.31 Å². The van der Waals surface area contributed by atoms with Gasteiger partial charge in [0.15, 0.2) is 0 Å². The van der Waals surface area contributed by atoms with Crippen LogP contribution < -0.4 is 5.32 Å². The summed E-state index contributed by atoms with van der Waals surface area (Å²) in [6, 6.07) is 14.2. The second kappa shape index (κ2) is 9.17. The smallest absolute Gasteiger partial charge is 0.251 e. The molecule has 0 unspecified atom stereocenters. The molecule has 0 saturated carbocycles. The van der Waals surface area contributed by atoms with Crippen molar-refractivity contribution >= 4 is 31.9 Å². The van der Waals surface area contributed by atoms with Gasteiger partial charge in [-0.3, -0.25) is 9.69 Å². The number of carbonyl (C=O) groups excluding carboxylic acids is 1. The van der Waals surface area contributed by atoms with Crippen molar-refractivity contribution in [2.45, 2.75) is 11.8 Å². The molecule has 0 aromatic heterocycles. The van der Waals surface area contributed by atoms with Gasteiger partial charge < -0.3 is 5.32 Å². The van der Waals surface area contributed by atoms with Crippen LogP contribution in [0, 0.1) is 6.92 Å². The van der Waals surface area contributed by atoms with Crippen LogP contribution in [0.4, 0.5) is 0 Å². The first-order chi connectivity index (χ1) is 13.4. The van der Waals surface area contributed by atoms with Crippen molar-refractivity contribution in [3.8, 4) is 0 Å². The van der Waals surface area contributed by atoms with Gasteiger partial charge in [-0.05, 0) is 37.3 Å². The van der Waals surface area contributed by atoms with Crippen LogP contribution in [0.3, 0.4) is 0 Å². The number of aryl methyl sites for hydroxylation is 1. The maximum Gasteiger partial charge on any atom is 0.251 e. The number of hydrogen-bond acceptors (Lipinski definition) is 4. The number of nitrogens with one attached hydrogen (secondary N) is 1. The van der Waals surface area contributed by atoms with Crippen LogP contribution >= 0.6 is 15.9 Å². The lowest BCUT2D eigenvalue weighted by molar-refractivity contribution is 0.0945. The Morgan fingerprint density at radius 3 is 2.39 bits per heavy atom. The molecule has 1 saturated heterocycles. The molecular formula is C20H24BrN3O3S. The van der Waals surface area contributed by atoms with Gasteiger partial charge in [0.05, 0.1) is 4.90 Å². The fourth-order valence-corrected chi connectivity index (χ4v) is 4.93. The van der Waals surface area contributed by atoms with Gasteiger partial charge in [0, 0.05) is 49.3 Å². The predicted molar refractivity (Wildman–Crippen MR) is 113 cm³/mol. The van der Waals surface area contributed by atoms with Gasteiger partial charge in [-0.15, -0.1) is 0 Å². The first kappa shape index (κ1) is 21.0. The summed E-state index contributed by atoms with van der Waals surface area (Å²) in [5, 5.41) is 2.91. The van der Waals surface area contributed by atoms with E-state index in [-0.39, 0.29) is 5.91 Å². The van der Waals surface area contributed by atoms with E-state index in [0.29, 0.717) is 49.7 Å². The van der Waals surface area contributed by atoms with Crippen LogP contribution in [-0.4, -0.2) is 62.8 Å². The van der Waals surface area contributed by atoms with Crippen LogP contribution in [0.25, 0.3) is 0 Å². The highest BCUT2D eigenvalue weighted by molar-refractivity contribution is 9.10. The molecule has 150 valence electrons. The summed E-state index contributed by atoms with van der Waals surface area (Å²) in [6.07, 6.45) is 0. The number of piperazine rings is 1. The predicted octanol–water partition coefficient (Wildman–Crippen LogP) is 2.49. The minimum Gasteiger partial charge on any atom is -0.351 e. The van der Waals surface area contributed by atoms with Crippen molar-refractivity contribution in [3.63, 3.8) is 0 Å². The van der Waals surface area contributed by atoms with Gasteiger partial charge in [-0.25, -0.2) is 8.42 Å². The molecule has 1 heterocycles. The number of carbonyl (C=O) groups is 1.